The van der Waals surface area contributed by atoms with Gasteiger partial charge in [-0.1, -0.05) is 6.92 Å². The molecule has 90 valence electrons. The van der Waals surface area contributed by atoms with Gasteiger partial charge in [0.2, 0.25) is 0 Å². The monoisotopic (exact) mass is 212 g/mol. The fourth-order valence-electron chi connectivity index (χ4n) is 2.74. The third-order valence-corrected chi connectivity index (χ3v) is 4.06. The lowest BCUT2D eigenvalue weighted by Gasteiger charge is -2.32. The summed E-state index contributed by atoms with van der Waals surface area (Å²) in [5.74, 6) is 1.82. The van der Waals surface area contributed by atoms with Crippen molar-refractivity contribution in [1.29, 1.82) is 0 Å². The summed E-state index contributed by atoms with van der Waals surface area (Å²) in [5.41, 5.74) is 5.80. The van der Waals surface area contributed by atoms with E-state index < -0.39 is 0 Å². The maximum atomic E-state index is 5.80. The van der Waals surface area contributed by atoms with Gasteiger partial charge < -0.3 is 11.1 Å². The molecule has 0 spiro atoms. The second-order valence-electron chi connectivity index (χ2n) is 5.43. The summed E-state index contributed by atoms with van der Waals surface area (Å²) in [6, 6.07) is 1.16. The van der Waals surface area contributed by atoms with Crippen LogP contribution in [0.25, 0.3) is 0 Å². The summed E-state index contributed by atoms with van der Waals surface area (Å²) in [7, 11) is 2.09. The van der Waals surface area contributed by atoms with Crippen LogP contribution in [0.1, 0.15) is 52.4 Å². The molecule has 1 aliphatic rings. The standard InChI is InChI=1S/C13H28N2/c1-10(4-5-11(2)14)12-6-8-13(15-3)9-7-12/h10-13,15H,4-9,14H2,1-3H3. The molecule has 2 heteroatoms. The van der Waals surface area contributed by atoms with Crippen molar-refractivity contribution in [2.24, 2.45) is 17.6 Å². The second kappa shape index (κ2) is 6.49. The highest BCUT2D eigenvalue weighted by Crippen LogP contribution is 2.32. The lowest BCUT2D eigenvalue weighted by molar-refractivity contribution is 0.220. The molecule has 0 amide bonds. The molecule has 0 bridgehead atoms. The lowest BCUT2D eigenvalue weighted by Crippen LogP contribution is -2.32. The van der Waals surface area contributed by atoms with Gasteiger partial charge in [-0.2, -0.15) is 0 Å². The van der Waals surface area contributed by atoms with Gasteiger partial charge in [0.15, 0.2) is 0 Å². The molecular formula is C13H28N2. The molecule has 1 fully saturated rings. The van der Waals surface area contributed by atoms with E-state index in [1.54, 1.807) is 0 Å². The number of hydrogen-bond donors (Lipinski definition) is 2. The van der Waals surface area contributed by atoms with Gasteiger partial charge in [0.25, 0.3) is 0 Å². The number of hydrogen-bond acceptors (Lipinski definition) is 2. The lowest BCUT2D eigenvalue weighted by atomic mass is 9.77. The van der Waals surface area contributed by atoms with Gasteiger partial charge in [0.05, 0.1) is 0 Å². The van der Waals surface area contributed by atoms with Gasteiger partial charge in [-0.25, -0.2) is 0 Å². The molecule has 0 aromatic heterocycles. The highest BCUT2D eigenvalue weighted by Gasteiger charge is 2.24. The SMILES string of the molecule is CNC1CCC(C(C)CCC(C)N)CC1. The van der Waals surface area contributed by atoms with E-state index in [9.17, 15) is 0 Å². The molecule has 3 N–H and O–H groups in total. The van der Waals surface area contributed by atoms with Crippen molar-refractivity contribution in [3.63, 3.8) is 0 Å². The van der Waals surface area contributed by atoms with Gasteiger partial charge in [0, 0.05) is 12.1 Å². The summed E-state index contributed by atoms with van der Waals surface area (Å²) < 4.78 is 0. The van der Waals surface area contributed by atoms with Crippen molar-refractivity contribution in [3.05, 3.63) is 0 Å². The van der Waals surface area contributed by atoms with E-state index in [2.05, 4.69) is 26.2 Å². The highest BCUT2D eigenvalue weighted by molar-refractivity contribution is 4.79. The molecule has 15 heavy (non-hydrogen) atoms. The Morgan fingerprint density at radius 3 is 2.20 bits per heavy atom. The number of nitrogens with two attached hydrogens (primary N) is 1. The fourth-order valence-corrected chi connectivity index (χ4v) is 2.74. The van der Waals surface area contributed by atoms with E-state index in [-0.39, 0.29) is 0 Å². The first-order valence-corrected chi connectivity index (χ1v) is 6.56. The van der Waals surface area contributed by atoms with Crippen LogP contribution in [-0.2, 0) is 0 Å². The molecular weight excluding hydrogens is 184 g/mol. The molecule has 0 aliphatic heterocycles. The van der Waals surface area contributed by atoms with Crippen LogP contribution in [0.15, 0.2) is 0 Å². The average molecular weight is 212 g/mol. The topological polar surface area (TPSA) is 38.0 Å². The Kier molecular flexibility index (Phi) is 5.62. The van der Waals surface area contributed by atoms with E-state index >= 15 is 0 Å². The molecule has 0 heterocycles. The molecule has 2 nitrogen and oxygen atoms in total. The normalized spacial score (nSPS) is 31.2. The van der Waals surface area contributed by atoms with Crippen LogP contribution in [0.2, 0.25) is 0 Å². The van der Waals surface area contributed by atoms with E-state index in [4.69, 9.17) is 5.73 Å². The Hall–Kier alpha value is -0.0800. The van der Waals surface area contributed by atoms with Gasteiger partial charge in [-0.15, -0.1) is 0 Å². The summed E-state index contributed by atoms with van der Waals surface area (Å²) in [4.78, 5) is 0. The first-order valence-electron chi connectivity index (χ1n) is 6.56. The molecule has 2 unspecified atom stereocenters. The first kappa shape index (κ1) is 13.0. The smallest absolute Gasteiger partial charge is 0.00642 e. The first-order chi connectivity index (χ1) is 7.13. The van der Waals surface area contributed by atoms with Gasteiger partial charge >= 0.3 is 0 Å². The number of nitrogens with one attached hydrogen (secondary N) is 1. The Morgan fingerprint density at radius 1 is 1.13 bits per heavy atom. The van der Waals surface area contributed by atoms with Crippen LogP contribution in [0.4, 0.5) is 0 Å². The van der Waals surface area contributed by atoms with Crippen LogP contribution in [0.5, 0.6) is 0 Å². The fraction of sp³-hybridized carbons (Fsp3) is 1.00. The molecule has 1 saturated carbocycles. The maximum absolute atomic E-state index is 5.80. The zero-order chi connectivity index (χ0) is 11.3. The quantitative estimate of drug-likeness (QED) is 0.735. The van der Waals surface area contributed by atoms with Crippen molar-refractivity contribution in [2.75, 3.05) is 7.05 Å². The van der Waals surface area contributed by atoms with Gasteiger partial charge in [-0.3, -0.25) is 0 Å². The second-order valence-corrected chi connectivity index (χ2v) is 5.43. The summed E-state index contributed by atoms with van der Waals surface area (Å²) >= 11 is 0. The predicted octanol–water partition coefficient (Wildman–Crippen LogP) is 2.53. The third kappa shape index (κ3) is 4.52. The molecule has 0 aromatic rings. The molecule has 1 rings (SSSR count). The van der Waals surface area contributed by atoms with Crippen molar-refractivity contribution < 1.29 is 0 Å². The van der Waals surface area contributed by atoms with Crippen LogP contribution >= 0.6 is 0 Å². The van der Waals surface area contributed by atoms with E-state index in [0.717, 1.165) is 17.9 Å². The highest BCUT2D eigenvalue weighted by atomic mass is 14.9. The summed E-state index contributed by atoms with van der Waals surface area (Å²) in [6.45, 7) is 4.53. The predicted molar refractivity (Wildman–Crippen MR) is 66.9 cm³/mol. The van der Waals surface area contributed by atoms with E-state index in [1.165, 1.54) is 38.5 Å². The third-order valence-electron chi connectivity index (χ3n) is 4.06. The largest absolute Gasteiger partial charge is 0.328 e. The molecule has 0 aromatic carbocycles. The minimum atomic E-state index is 0.376. The average Bonchev–Trinajstić information content (AvgIpc) is 2.26. The van der Waals surface area contributed by atoms with Crippen molar-refractivity contribution in [1.82, 2.24) is 5.32 Å². The minimum absolute atomic E-state index is 0.376. The van der Waals surface area contributed by atoms with Gasteiger partial charge in [0.1, 0.15) is 0 Å². The van der Waals surface area contributed by atoms with Crippen molar-refractivity contribution >= 4 is 0 Å². The molecule has 2 atom stereocenters. The van der Waals surface area contributed by atoms with E-state index in [0.29, 0.717) is 6.04 Å². The van der Waals surface area contributed by atoms with Crippen molar-refractivity contribution in [3.8, 4) is 0 Å². The number of rotatable bonds is 5. The zero-order valence-corrected chi connectivity index (χ0v) is 10.6. The Labute approximate surface area is 95.0 Å². The van der Waals surface area contributed by atoms with Crippen LogP contribution < -0.4 is 11.1 Å². The van der Waals surface area contributed by atoms with Crippen molar-refractivity contribution in [2.45, 2.75) is 64.5 Å². The molecule has 1 aliphatic carbocycles. The Morgan fingerprint density at radius 2 is 1.73 bits per heavy atom. The maximum Gasteiger partial charge on any atom is 0.00642 e. The Bertz CT molecular complexity index is 160. The minimum Gasteiger partial charge on any atom is -0.328 e. The van der Waals surface area contributed by atoms with Crippen LogP contribution in [-0.4, -0.2) is 19.1 Å². The Balaban J connectivity index is 2.20. The van der Waals surface area contributed by atoms with E-state index in [1.807, 2.05) is 0 Å². The molecule has 0 radical (unpaired) electrons. The molecule has 0 saturated heterocycles. The van der Waals surface area contributed by atoms with Gasteiger partial charge in [-0.05, 0) is 64.3 Å². The van der Waals surface area contributed by atoms with Crippen LogP contribution in [0.3, 0.4) is 0 Å². The summed E-state index contributed by atoms with van der Waals surface area (Å²) in [6.07, 6.45) is 8.05. The van der Waals surface area contributed by atoms with Crippen LogP contribution in [0, 0.1) is 11.8 Å². The summed E-state index contributed by atoms with van der Waals surface area (Å²) in [5, 5.41) is 3.39. The zero-order valence-electron chi connectivity index (χ0n) is 10.6.